The third kappa shape index (κ3) is 2.15. The highest BCUT2D eigenvalue weighted by atomic mass is 16.5. The summed E-state index contributed by atoms with van der Waals surface area (Å²) >= 11 is 0. The highest BCUT2D eigenvalue weighted by Crippen LogP contribution is 2.51. The Balaban J connectivity index is 2.32. The smallest absolute Gasteiger partial charge is 0.339 e. The Hall–Kier alpha value is -3.40. The number of ether oxygens (including phenoxy) is 2. The molecule has 7 heteroatoms. The lowest BCUT2D eigenvalue weighted by Gasteiger charge is -2.37. The van der Waals surface area contributed by atoms with Crippen molar-refractivity contribution in [2.75, 3.05) is 11.9 Å². The molecule has 2 aliphatic rings. The van der Waals surface area contributed by atoms with Gasteiger partial charge in [-0.2, -0.15) is 5.26 Å². The number of benzene rings is 1. The summed E-state index contributed by atoms with van der Waals surface area (Å²) in [5, 5.41) is 20.4. The zero-order valence-electron chi connectivity index (χ0n) is 13.5. The molecule has 2 atom stereocenters. The minimum Gasteiger partial charge on any atom is -0.458 e. The topological polar surface area (TPSA) is 112 Å². The fourth-order valence-corrected chi connectivity index (χ4v) is 3.37. The Morgan fingerprint density at radius 3 is 2.96 bits per heavy atom. The van der Waals surface area contributed by atoms with Crippen LogP contribution in [-0.2, 0) is 24.5 Å². The number of esters is 1. The van der Waals surface area contributed by atoms with Crippen LogP contribution in [0.5, 0.6) is 0 Å². The second kappa shape index (κ2) is 5.91. The number of carbonyl (C=O) groups excluding carboxylic acids is 2. The molecule has 0 aromatic heterocycles. The van der Waals surface area contributed by atoms with Gasteiger partial charge in [-0.15, -0.1) is 0 Å². The second-order valence-electron chi connectivity index (χ2n) is 5.65. The predicted molar refractivity (Wildman–Crippen MR) is 88.5 cm³/mol. The van der Waals surface area contributed by atoms with Gasteiger partial charge in [-0.1, -0.05) is 30.9 Å². The number of nitrogens with one attached hydrogen (secondary N) is 2. The van der Waals surface area contributed by atoms with E-state index in [-0.39, 0.29) is 23.8 Å². The van der Waals surface area contributed by atoms with Crippen LogP contribution < -0.4 is 5.32 Å². The van der Waals surface area contributed by atoms with Crippen molar-refractivity contribution in [3.05, 3.63) is 53.8 Å². The number of rotatable bonds is 3. The maximum Gasteiger partial charge on any atom is 0.339 e. The summed E-state index contributed by atoms with van der Waals surface area (Å²) in [6.45, 7) is 4.91. The molecule has 3 rings (SSSR count). The predicted octanol–water partition coefficient (Wildman–Crippen LogP) is 2.03. The minimum absolute atomic E-state index is 0.0520. The maximum absolute atomic E-state index is 13.0. The summed E-state index contributed by atoms with van der Waals surface area (Å²) in [6, 6.07) is 8.72. The zero-order valence-corrected chi connectivity index (χ0v) is 13.5. The van der Waals surface area contributed by atoms with Gasteiger partial charge in [-0.25, -0.2) is 4.79 Å². The number of hydrogen-bond donors (Lipinski definition) is 2. The molecule has 1 aromatic rings. The summed E-state index contributed by atoms with van der Waals surface area (Å²) in [7, 11) is 0. The fraction of sp³-hybridized carbons (Fsp3) is 0.222. The van der Waals surface area contributed by atoms with Gasteiger partial charge in [-0.3, -0.25) is 10.2 Å². The molecule has 2 unspecified atom stereocenters. The first-order chi connectivity index (χ1) is 12.0. The first-order valence-electron chi connectivity index (χ1n) is 7.54. The molecule has 7 nitrogen and oxygen atoms in total. The summed E-state index contributed by atoms with van der Waals surface area (Å²) < 4.78 is 10.4. The third-order valence-corrected chi connectivity index (χ3v) is 4.33. The lowest BCUT2D eigenvalue weighted by atomic mass is 9.64. The number of nitrogens with zero attached hydrogens (tertiary/aromatic N) is 1. The van der Waals surface area contributed by atoms with Gasteiger partial charge >= 0.3 is 5.97 Å². The molecule has 2 aliphatic heterocycles. The van der Waals surface area contributed by atoms with Gasteiger partial charge in [0.2, 0.25) is 11.8 Å². The number of amides is 1. The lowest BCUT2D eigenvalue weighted by molar-refractivity contribution is -0.140. The third-order valence-electron chi connectivity index (χ3n) is 4.33. The van der Waals surface area contributed by atoms with Crippen LogP contribution in [0.25, 0.3) is 0 Å². The molecule has 2 N–H and O–H groups in total. The monoisotopic (exact) mass is 337 g/mol. The molecular formula is C18H15N3O4. The molecule has 0 aliphatic carbocycles. The summed E-state index contributed by atoms with van der Waals surface area (Å²) in [4.78, 5) is 25.7. The number of hydrogen-bond acceptors (Lipinski definition) is 6. The van der Waals surface area contributed by atoms with Crippen LogP contribution in [0.3, 0.4) is 0 Å². The van der Waals surface area contributed by atoms with E-state index in [0.29, 0.717) is 11.3 Å². The van der Waals surface area contributed by atoms with E-state index in [1.807, 2.05) is 6.07 Å². The number of allylic oxidation sites excluding steroid dienone is 1. The van der Waals surface area contributed by atoms with Gasteiger partial charge in [0.1, 0.15) is 23.7 Å². The largest absolute Gasteiger partial charge is 0.458 e. The highest BCUT2D eigenvalue weighted by Gasteiger charge is 2.62. The Morgan fingerprint density at radius 1 is 1.56 bits per heavy atom. The van der Waals surface area contributed by atoms with Crippen LogP contribution in [0.15, 0.2) is 48.3 Å². The molecule has 0 saturated carbocycles. The Bertz CT molecular complexity index is 881. The molecule has 0 radical (unpaired) electrons. The van der Waals surface area contributed by atoms with E-state index in [1.54, 1.807) is 24.3 Å². The van der Waals surface area contributed by atoms with E-state index in [0.717, 1.165) is 0 Å². The van der Waals surface area contributed by atoms with Gasteiger partial charge in [-0.05, 0) is 18.6 Å². The molecular weight excluding hydrogens is 322 g/mol. The van der Waals surface area contributed by atoms with Crippen LogP contribution in [0.2, 0.25) is 0 Å². The minimum atomic E-state index is -1.68. The summed E-state index contributed by atoms with van der Waals surface area (Å²) in [6.07, 6.45) is 1.40. The summed E-state index contributed by atoms with van der Waals surface area (Å²) in [5.74, 6) is -2.94. The molecule has 126 valence electrons. The van der Waals surface area contributed by atoms with E-state index in [2.05, 4.69) is 11.9 Å². The van der Waals surface area contributed by atoms with Crippen molar-refractivity contribution in [1.82, 2.24) is 0 Å². The van der Waals surface area contributed by atoms with Gasteiger partial charge in [0.05, 0.1) is 11.6 Å². The van der Waals surface area contributed by atoms with E-state index in [1.165, 1.54) is 13.0 Å². The van der Waals surface area contributed by atoms with Gasteiger partial charge < -0.3 is 14.8 Å². The Morgan fingerprint density at radius 2 is 2.28 bits per heavy atom. The maximum atomic E-state index is 13.0. The molecule has 1 aromatic carbocycles. The van der Waals surface area contributed by atoms with Crippen molar-refractivity contribution >= 4 is 23.5 Å². The average molecular weight is 337 g/mol. The number of carbonyl (C=O) groups is 2. The lowest BCUT2D eigenvalue weighted by Crippen LogP contribution is -2.52. The molecule has 2 heterocycles. The van der Waals surface area contributed by atoms with E-state index < -0.39 is 23.2 Å². The standard InChI is InChI=1S/C18H15N3O4/c1-3-8-24-16(22)14-10(2)25-15(20)12(9-19)18(14)11-6-4-5-7-13(11)21-17(18)23/h3-7,12,20H,1,8H2,2H3,(H,21,23). The Labute approximate surface area is 144 Å². The molecule has 0 bridgehead atoms. The van der Waals surface area contributed by atoms with E-state index in [4.69, 9.17) is 14.9 Å². The first kappa shape index (κ1) is 16.5. The van der Waals surface area contributed by atoms with Crippen molar-refractivity contribution in [3.63, 3.8) is 0 Å². The van der Waals surface area contributed by atoms with Crippen LogP contribution in [0.1, 0.15) is 12.5 Å². The molecule has 0 saturated heterocycles. The van der Waals surface area contributed by atoms with Crippen LogP contribution >= 0.6 is 0 Å². The van der Waals surface area contributed by atoms with Crippen molar-refractivity contribution in [1.29, 1.82) is 10.7 Å². The number of anilines is 1. The van der Waals surface area contributed by atoms with Gasteiger partial charge in [0.25, 0.3) is 0 Å². The Kier molecular flexibility index (Phi) is 3.89. The molecule has 25 heavy (non-hydrogen) atoms. The second-order valence-corrected chi connectivity index (χ2v) is 5.65. The van der Waals surface area contributed by atoms with Gasteiger partial charge in [0.15, 0.2) is 0 Å². The van der Waals surface area contributed by atoms with E-state index in [9.17, 15) is 14.9 Å². The van der Waals surface area contributed by atoms with Crippen molar-refractivity contribution in [2.24, 2.45) is 5.92 Å². The van der Waals surface area contributed by atoms with Crippen molar-refractivity contribution in [3.8, 4) is 6.07 Å². The first-order valence-corrected chi connectivity index (χ1v) is 7.54. The van der Waals surface area contributed by atoms with Crippen molar-refractivity contribution < 1.29 is 19.1 Å². The van der Waals surface area contributed by atoms with Crippen LogP contribution in [0, 0.1) is 22.7 Å². The molecule has 1 amide bonds. The van der Waals surface area contributed by atoms with Gasteiger partial charge in [0, 0.05) is 5.69 Å². The van der Waals surface area contributed by atoms with E-state index >= 15 is 0 Å². The molecule has 1 spiro atoms. The summed E-state index contributed by atoms with van der Waals surface area (Å²) in [5.41, 5.74) is -0.809. The van der Waals surface area contributed by atoms with Crippen LogP contribution in [-0.4, -0.2) is 24.4 Å². The highest BCUT2D eigenvalue weighted by molar-refractivity contribution is 6.17. The van der Waals surface area contributed by atoms with Crippen molar-refractivity contribution in [2.45, 2.75) is 12.3 Å². The quantitative estimate of drug-likeness (QED) is 0.647. The SMILES string of the molecule is C=CCOC(=O)C1=C(C)OC(=N)C(C#N)C12C(=O)Nc1ccccc12. The zero-order chi connectivity index (χ0) is 18.2. The number of fused-ring (bicyclic) bond motifs is 2. The average Bonchev–Trinajstić information content (AvgIpc) is 2.86. The number of para-hydroxylation sites is 1. The van der Waals surface area contributed by atoms with Crippen LogP contribution in [0.4, 0.5) is 5.69 Å². The number of nitriles is 1. The normalized spacial score (nSPS) is 24.2. The fourth-order valence-electron chi connectivity index (χ4n) is 3.37. The molecule has 0 fully saturated rings.